The van der Waals surface area contributed by atoms with Crippen LogP contribution in [0.1, 0.15) is 6.92 Å². The fourth-order valence-electron chi connectivity index (χ4n) is 1.05. The number of amides is 1. The standard InChI is InChI=1S/C9H11ClN2O2/c1-2-12-6-7(3-4-9(12)14)11-8(13)5-10/h3-4,6H,2,5H2,1H3,(H,11,13). The van der Waals surface area contributed by atoms with Gasteiger partial charge in [-0.1, -0.05) is 0 Å². The van der Waals surface area contributed by atoms with E-state index < -0.39 is 0 Å². The van der Waals surface area contributed by atoms with Crippen molar-refractivity contribution in [2.45, 2.75) is 13.5 Å². The zero-order chi connectivity index (χ0) is 10.6. The molecule has 1 amide bonds. The Kier molecular flexibility index (Phi) is 3.71. The number of nitrogens with zero attached hydrogens (tertiary/aromatic N) is 1. The summed E-state index contributed by atoms with van der Waals surface area (Å²) >= 11 is 5.33. The summed E-state index contributed by atoms with van der Waals surface area (Å²) in [7, 11) is 0. The maximum absolute atomic E-state index is 11.2. The van der Waals surface area contributed by atoms with Crippen molar-refractivity contribution in [1.29, 1.82) is 0 Å². The van der Waals surface area contributed by atoms with Crippen LogP contribution in [0, 0.1) is 0 Å². The Morgan fingerprint density at radius 3 is 2.86 bits per heavy atom. The molecule has 0 fully saturated rings. The van der Waals surface area contributed by atoms with E-state index >= 15 is 0 Å². The second kappa shape index (κ2) is 4.81. The van der Waals surface area contributed by atoms with Gasteiger partial charge in [-0.3, -0.25) is 9.59 Å². The molecule has 0 aromatic carbocycles. The van der Waals surface area contributed by atoms with Crippen LogP contribution in [-0.4, -0.2) is 16.4 Å². The molecule has 0 atom stereocenters. The van der Waals surface area contributed by atoms with E-state index in [4.69, 9.17) is 11.6 Å². The average Bonchev–Trinajstić information content (AvgIpc) is 2.20. The number of hydrogen-bond acceptors (Lipinski definition) is 2. The zero-order valence-electron chi connectivity index (χ0n) is 7.79. The van der Waals surface area contributed by atoms with E-state index in [9.17, 15) is 9.59 Å². The summed E-state index contributed by atoms with van der Waals surface area (Å²) in [5.74, 6) is -0.376. The summed E-state index contributed by atoms with van der Waals surface area (Å²) in [6, 6.07) is 2.96. The van der Waals surface area contributed by atoms with Gasteiger partial charge in [0.25, 0.3) is 5.56 Å². The van der Waals surface area contributed by atoms with E-state index in [1.807, 2.05) is 6.92 Å². The Labute approximate surface area is 86.5 Å². The third kappa shape index (κ3) is 2.60. The summed E-state index contributed by atoms with van der Waals surface area (Å²) in [5, 5.41) is 2.56. The van der Waals surface area contributed by atoms with Gasteiger partial charge in [0, 0.05) is 18.8 Å². The highest BCUT2D eigenvalue weighted by molar-refractivity contribution is 6.29. The van der Waals surface area contributed by atoms with Crippen LogP contribution >= 0.6 is 11.6 Å². The number of pyridine rings is 1. The van der Waals surface area contributed by atoms with Gasteiger partial charge in [-0.05, 0) is 13.0 Å². The molecule has 0 aliphatic rings. The Bertz CT molecular complexity index is 387. The van der Waals surface area contributed by atoms with E-state index in [1.54, 1.807) is 12.3 Å². The molecule has 5 heteroatoms. The van der Waals surface area contributed by atoms with E-state index in [0.717, 1.165) is 0 Å². The summed E-state index contributed by atoms with van der Waals surface area (Å²) in [6.07, 6.45) is 1.59. The molecule has 1 rings (SSSR count). The highest BCUT2D eigenvalue weighted by atomic mass is 35.5. The summed E-state index contributed by atoms with van der Waals surface area (Å²) < 4.78 is 1.50. The van der Waals surface area contributed by atoms with Crippen molar-refractivity contribution in [1.82, 2.24) is 4.57 Å². The Balaban J connectivity index is 2.90. The van der Waals surface area contributed by atoms with E-state index in [-0.39, 0.29) is 17.3 Å². The second-order valence-corrected chi connectivity index (χ2v) is 2.99. The summed E-state index contributed by atoms with van der Waals surface area (Å²) in [5.41, 5.74) is 0.494. The molecule has 14 heavy (non-hydrogen) atoms. The number of nitrogens with one attached hydrogen (secondary N) is 1. The van der Waals surface area contributed by atoms with Gasteiger partial charge in [-0.15, -0.1) is 11.6 Å². The molecule has 1 N–H and O–H groups in total. The van der Waals surface area contributed by atoms with E-state index in [1.165, 1.54) is 10.6 Å². The number of rotatable bonds is 3. The van der Waals surface area contributed by atoms with Crippen molar-refractivity contribution in [2.24, 2.45) is 0 Å². The first kappa shape index (κ1) is 10.8. The van der Waals surface area contributed by atoms with Gasteiger partial charge in [0.1, 0.15) is 5.88 Å². The number of carbonyl (C=O) groups is 1. The molecule has 76 valence electrons. The molecule has 0 bridgehead atoms. The molecule has 1 aromatic heterocycles. The van der Waals surface area contributed by atoms with Gasteiger partial charge in [0.05, 0.1) is 5.69 Å². The van der Waals surface area contributed by atoms with Crippen molar-refractivity contribution in [3.63, 3.8) is 0 Å². The zero-order valence-corrected chi connectivity index (χ0v) is 8.54. The molecule has 4 nitrogen and oxygen atoms in total. The van der Waals surface area contributed by atoms with Gasteiger partial charge in [-0.2, -0.15) is 0 Å². The Morgan fingerprint density at radius 1 is 1.57 bits per heavy atom. The third-order valence-electron chi connectivity index (χ3n) is 1.73. The number of alkyl halides is 1. The molecule has 0 saturated heterocycles. The monoisotopic (exact) mass is 214 g/mol. The van der Waals surface area contributed by atoms with Crippen LogP contribution in [0.4, 0.5) is 5.69 Å². The predicted molar refractivity (Wildman–Crippen MR) is 55.7 cm³/mol. The molecule has 0 spiro atoms. The highest BCUT2D eigenvalue weighted by Crippen LogP contribution is 2.02. The normalized spacial score (nSPS) is 9.86. The molecule has 1 aromatic rings. The number of carbonyl (C=O) groups excluding carboxylic acids is 1. The van der Waals surface area contributed by atoms with Crippen LogP contribution in [0.15, 0.2) is 23.1 Å². The van der Waals surface area contributed by atoms with Gasteiger partial charge < -0.3 is 9.88 Å². The van der Waals surface area contributed by atoms with Gasteiger partial charge in [0.2, 0.25) is 5.91 Å². The summed E-state index contributed by atoms with van der Waals surface area (Å²) in [4.78, 5) is 22.1. The van der Waals surface area contributed by atoms with Crippen molar-refractivity contribution < 1.29 is 4.79 Å². The van der Waals surface area contributed by atoms with E-state index in [0.29, 0.717) is 12.2 Å². The van der Waals surface area contributed by atoms with Crippen LogP contribution < -0.4 is 10.9 Å². The lowest BCUT2D eigenvalue weighted by Crippen LogP contribution is -2.20. The Hall–Kier alpha value is -1.29. The van der Waals surface area contributed by atoms with Crippen LogP contribution in [0.5, 0.6) is 0 Å². The molecule has 0 saturated carbocycles. The molecular formula is C9H11ClN2O2. The number of aromatic nitrogens is 1. The van der Waals surface area contributed by atoms with Gasteiger partial charge >= 0.3 is 0 Å². The minimum Gasteiger partial charge on any atom is -0.324 e. The largest absolute Gasteiger partial charge is 0.324 e. The first-order valence-electron chi connectivity index (χ1n) is 4.23. The first-order chi connectivity index (χ1) is 6.67. The lowest BCUT2D eigenvalue weighted by Gasteiger charge is -2.06. The molecule has 0 radical (unpaired) electrons. The van der Waals surface area contributed by atoms with Crippen molar-refractivity contribution in [2.75, 3.05) is 11.2 Å². The van der Waals surface area contributed by atoms with E-state index in [2.05, 4.69) is 5.32 Å². The van der Waals surface area contributed by atoms with Crippen LogP contribution in [-0.2, 0) is 11.3 Å². The number of aryl methyl sites for hydroxylation is 1. The molecular weight excluding hydrogens is 204 g/mol. The van der Waals surface area contributed by atoms with Crippen LogP contribution in [0.3, 0.4) is 0 Å². The highest BCUT2D eigenvalue weighted by Gasteiger charge is 2.01. The van der Waals surface area contributed by atoms with Gasteiger partial charge in [-0.25, -0.2) is 0 Å². The number of anilines is 1. The quantitative estimate of drug-likeness (QED) is 0.765. The lowest BCUT2D eigenvalue weighted by atomic mass is 10.4. The van der Waals surface area contributed by atoms with Crippen LogP contribution in [0.2, 0.25) is 0 Å². The predicted octanol–water partition coefficient (Wildman–Crippen LogP) is 1.05. The molecule has 0 aliphatic heterocycles. The van der Waals surface area contributed by atoms with Crippen molar-refractivity contribution in [3.05, 3.63) is 28.7 Å². The number of halogens is 1. The van der Waals surface area contributed by atoms with Crippen LogP contribution in [0.25, 0.3) is 0 Å². The molecule has 0 aliphatic carbocycles. The molecule has 1 heterocycles. The topological polar surface area (TPSA) is 51.1 Å². The average molecular weight is 215 g/mol. The minimum absolute atomic E-state index is 0.0867. The maximum atomic E-state index is 11.2. The number of hydrogen-bond donors (Lipinski definition) is 1. The van der Waals surface area contributed by atoms with Crippen molar-refractivity contribution >= 4 is 23.2 Å². The summed E-state index contributed by atoms with van der Waals surface area (Å²) in [6.45, 7) is 2.43. The third-order valence-corrected chi connectivity index (χ3v) is 1.97. The minimum atomic E-state index is -0.284. The lowest BCUT2D eigenvalue weighted by molar-refractivity contribution is -0.113. The van der Waals surface area contributed by atoms with Crippen molar-refractivity contribution in [3.8, 4) is 0 Å². The Morgan fingerprint density at radius 2 is 2.29 bits per heavy atom. The van der Waals surface area contributed by atoms with Gasteiger partial charge in [0.15, 0.2) is 0 Å². The fraction of sp³-hybridized carbons (Fsp3) is 0.333. The molecule has 0 unspecified atom stereocenters. The maximum Gasteiger partial charge on any atom is 0.250 e. The fourth-order valence-corrected chi connectivity index (χ4v) is 1.11. The first-order valence-corrected chi connectivity index (χ1v) is 4.77. The SMILES string of the molecule is CCn1cc(NC(=O)CCl)ccc1=O. The smallest absolute Gasteiger partial charge is 0.250 e. The second-order valence-electron chi connectivity index (χ2n) is 2.72.